The molecule has 0 aliphatic heterocycles. The molecule has 0 atom stereocenters. The standard InChI is InChI=1S/C78H49N3O2/c1-6-22-71-63(17-1)64-18-2-7-23-72(64)80(71)61-15-11-13-53(45-61)50-27-36-58(37-28-50)79(59-38-29-51(30-39-59)54-14-12-16-62(46-54)81-73-24-8-3-19-65(73)66-20-4-9-25-74(66)81)60-40-31-52(32-41-60)55-33-42-77-69(47-55)70-49-57(35-44-78(70)83-77)56-34-43-76-68(48-56)67-21-5-10-26-75(67)82-76/h1-49H. The molecule has 17 rings (SSSR count). The van der Waals surface area contributed by atoms with Crippen molar-refractivity contribution < 1.29 is 8.83 Å². The van der Waals surface area contributed by atoms with E-state index in [0.717, 1.165) is 117 Å². The van der Waals surface area contributed by atoms with Crippen LogP contribution in [0.1, 0.15) is 0 Å². The Morgan fingerprint density at radius 2 is 0.494 bits per heavy atom. The second-order valence-corrected chi connectivity index (χ2v) is 21.6. The van der Waals surface area contributed by atoms with E-state index >= 15 is 0 Å². The lowest BCUT2D eigenvalue weighted by Gasteiger charge is -2.26. The molecule has 0 aliphatic rings. The molecule has 0 aliphatic carbocycles. The van der Waals surface area contributed by atoms with Crippen LogP contribution in [-0.4, -0.2) is 9.13 Å². The zero-order valence-electron chi connectivity index (χ0n) is 44.9. The van der Waals surface area contributed by atoms with E-state index in [1.54, 1.807) is 0 Å². The highest BCUT2D eigenvalue weighted by Gasteiger charge is 2.19. The number of nitrogens with zero attached hydrogens (tertiary/aromatic N) is 3. The molecule has 0 bridgehead atoms. The van der Waals surface area contributed by atoms with Gasteiger partial charge >= 0.3 is 0 Å². The Hall–Kier alpha value is -11.1. The van der Waals surface area contributed by atoms with Crippen LogP contribution < -0.4 is 4.90 Å². The Morgan fingerprint density at radius 3 is 0.880 bits per heavy atom. The zero-order valence-corrected chi connectivity index (χ0v) is 44.9. The lowest BCUT2D eigenvalue weighted by atomic mass is 9.99. The summed E-state index contributed by atoms with van der Waals surface area (Å²) < 4.78 is 17.4. The molecule has 0 N–H and O–H groups in total. The van der Waals surface area contributed by atoms with E-state index in [0.29, 0.717) is 0 Å². The highest BCUT2D eigenvalue weighted by atomic mass is 16.3. The largest absolute Gasteiger partial charge is 0.456 e. The van der Waals surface area contributed by atoms with Crippen molar-refractivity contribution in [1.29, 1.82) is 0 Å². The number of benzene rings is 13. The van der Waals surface area contributed by atoms with E-state index in [2.05, 4.69) is 299 Å². The first-order valence-corrected chi connectivity index (χ1v) is 28.3. The van der Waals surface area contributed by atoms with Crippen LogP contribution in [0.2, 0.25) is 0 Å². The van der Waals surface area contributed by atoms with Gasteiger partial charge in [0.25, 0.3) is 0 Å². The molecular formula is C78H49N3O2. The number of hydrogen-bond acceptors (Lipinski definition) is 3. The Bertz CT molecular complexity index is 5080. The molecule has 0 spiro atoms. The fourth-order valence-electron chi connectivity index (χ4n) is 12.9. The van der Waals surface area contributed by atoms with Crippen molar-refractivity contribution >= 4 is 105 Å². The van der Waals surface area contributed by atoms with Gasteiger partial charge in [-0.15, -0.1) is 0 Å². The van der Waals surface area contributed by atoms with Crippen molar-refractivity contribution in [3.8, 4) is 55.9 Å². The van der Waals surface area contributed by atoms with Crippen LogP contribution in [0.25, 0.3) is 143 Å². The molecule has 0 saturated carbocycles. The molecule has 0 fully saturated rings. The van der Waals surface area contributed by atoms with Gasteiger partial charge in [0.1, 0.15) is 22.3 Å². The predicted molar refractivity (Wildman–Crippen MR) is 346 cm³/mol. The van der Waals surface area contributed by atoms with Crippen molar-refractivity contribution in [2.75, 3.05) is 4.90 Å². The van der Waals surface area contributed by atoms with Crippen molar-refractivity contribution in [2.24, 2.45) is 0 Å². The average Bonchev–Trinajstić information content (AvgIpc) is 4.53. The van der Waals surface area contributed by atoms with Crippen LogP contribution in [0, 0.1) is 0 Å². The topological polar surface area (TPSA) is 39.4 Å². The van der Waals surface area contributed by atoms with Crippen LogP contribution in [-0.2, 0) is 0 Å². The number of anilines is 3. The van der Waals surface area contributed by atoms with Gasteiger partial charge < -0.3 is 22.9 Å². The third-order valence-corrected chi connectivity index (χ3v) is 16.9. The average molecular weight is 1060 g/mol. The van der Waals surface area contributed by atoms with E-state index in [1.165, 1.54) is 43.6 Å². The first kappa shape index (κ1) is 46.7. The van der Waals surface area contributed by atoms with Crippen LogP contribution >= 0.6 is 0 Å². The summed E-state index contributed by atoms with van der Waals surface area (Å²) in [6, 6.07) is 107. The van der Waals surface area contributed by atoms with Gasteiger partial charge in [0.15, 0.2) is 0 Å². The van der Waals surface area contributed by atoms with E-state index in [1.807, 2.05) is 12.1 Å². The van der Waals surface area contributed by atoms with Crippen molar-refractivity contribution in [1.82, 2.24) is 9.13 Å². The van der Waals surface area contributed by atoms with E-state index < -0.39 is 0 Å². The number of furan rings is 2. The molecule has 0 amide bonds. The first-order valence-electron chi connectivity index (χ1n) is 28.3. The van der Waals surface area contributed by atoms with Gasteiger partial charge in [-0.2, -0.15) is 0 Å². The summed E-state index contributed by atoms with van der Waals surface area (Å²) in [5.41, 5.74) is 22.9. The Labute approximate surface area is 478 Å². The minimum Gasteiger partial charge on any atom is -0.456 e. The van der Waals surface area contributed by atoms with Gasteiger partial charge in [-0.3, -0.25) is 0 Å². The monoisotopic (exact) mass is 1060 g/mol. The molecule has 0 saturated heterocycles. The maximum atomic E-state index is 6.45. The molecule has 0 radical (unpaired) electrons. The molecule has 4 aromatic heterocycles. The molecule has 388 valence electrons. The lowest BCUT2D eigenvalue weighted by Crippen LogP contribution is -2.09. The summed E-state index contributed by atoms with van der Waals surface area (Å²) in [6.45, 7) is 0. The van der Waals surface area contributed by atoms with Crippen LogP contribution in [0.4, 0.5) is 17.1 Å². The third-order valence-electron chi connectivity index (χ3n) is 16.9. The number of aromatic nitrogens is 2. The fraction of sp³-hybridized carbons (Fsp3) is 0. The minimum atomic E-state index is 0.865. The minimum absolute atomic E-state index is 0.865. The predicted octanol–water partition coefficient (Wildman–Crippen LogP) is 21.8. The second-order valence-electron chi connectivity index (χ2n) is 21.6. The molecule has 17 aromatic rings. The second kappa shape index (κ2) is 18.7. The van der Waals surface area contributed by atoms with Crippen LogP contribution in [0.5, 0.6) is 0 Å². The van der Waals surface area contributed by atoms with Crippen molar-refractivity contribution in [3.05, 3.63) is 297 Å². The van der Waals surface area contributed by atoms with Gasteiger partial charge in [-0.05, 0) is 172 Å². The molecular weight excluding hydrogens is 1010 g/mol. The molecule has 83 heavy (non-hydrogen) atoms. The summed E-state index contributed by atoms with van der Waals surface area (Å²) in [6.07, 6.45) is 0. The molecule has 5 heteroatoms. The van der Waals surface area contributed by atoms with Crippen LogP contribution in [0.3, 0.4) is 0 Å². The van der Waals surface area contributed by atoms with E-state index in [-0.39, 0.29) is 0 Å². The highest BCUT2D eigenvalue weighted by Crippen LogP contribution is 2.42. The smallest absolute Gasteiger partial charge is 0.135 e. The van der Waals surface area contributed by atoms with Gasteiger partial charge in [-0.1, -0.05) is 170 Å². The number of para-hydroxylation sites is 5. The van der Waals surface area contributed by atoms with Gasteiger partial charge in [0.2, 0.25) is 0 Å². The molecule has 0 unspecified atom stereocenters. The van der Waals surface area contributed by atoms with E-state index in [9.17, 15) is 0 Å². The summed E-state index contributed by atoms with van der Waals surface area (Å²) in [5.74, 6) is 0. The summed E-state index contributed by atoms with van der Waals surface area (Å²) in [7, 11) is 0. The maximum absolute atomic E-state index is 6.45. The van der Waals surface area contributed by atoms with Gasteiger partial charge in [-0.25, -0.2) is 0 Å². The van der Waals surface area contributed by atoms with Gasteiger partial charge in [0.05, 0.1) is 22.1 Å². The zero-order chi connectivity index (χ0) is 54.5. The lowest BCUT2D eigenvalue weighted by molar-refractivity contribution is 0.668. The molecule has 4 heterocycles. The number of rotatable bonds is 9. The normalized spacial score (nSPS) is 11.9. The fourth-order valence-corrected chi connectivity index (χ4v) is 12.9. The quantitative estimate of drug-likeness (QED) is 0.145. The van der Waals surface area contributed by atoms with Gasteiger partial charge in [0, 0.05) is 71.5 Å². The number of hydrogen-bond donors (Lipinski definition) is 0. The first-order chi connectivity index (χ1) is 41.1. The summed E-state index contributed by atoms with van der Waals surface area (Å²) in [4.78, 5) is 2.36. The van der Waals surface area contributed by atoms with Crippen molar-refractivity contribution in [3.63, 3.8) is 0 Å². The summed E-state index contributed by atoms with van der Waals surface area (Å²) >= 11 is 0. The number of fused-ring (bicyclic) bond motifs is 12. The third kappa shape index (κ3) is 7.70. The molecule has 13 aromatic carbocycles. The summed E-state index contributed by atoms with van der Waals surface area (Å²) in [5, 5.41) is 9.42. The Kier molecular flexibility index (Phi) is 10.6. The Morgan fingerprint density at radius 1 is 0.205 bits per heavy atom. The molecule has 5 nitrogen and oxygen atoms in total. The SMILES string of the molecule is c1cc(-c2ccc(N(c3ccc(-c4cccc(-n5c6ccccc6c6ccccc65)c4)cc3)c3ccc(-c4ccc5oc6ccc(-c7ccc8oc9ccccc9c8c7)cc6c5c4)cc3)cc2)cc(-n2c3ccccc3c3ccccc32)c1. The van der Waals surface area contributed by atoms with E-state index in [4.69, 9.17) is 8.83 Å². The highest BCUT2D eigenvalue weighted by molar-refractivity contribution is 6.12. The Balaban J connectivity index is 0.729. The maximum Gasteiger partial charge on any atom is 0.135 e. The van der Waals surface area contributed by atoms with Crippen LogP contribution in [0.15, 0.2) is 306 Å². The van der Waals surface area contributed by atoms with Crippen molar-refractivity contribution in [2.45, 2.75) is 0 Å².